The molecule has 1 heterocycles. The van der Waals surface area contributed by atoms with Gasteiger partial charge in [-0.15, -0.1) is 0 Å². The SMILES string of the molecule is NCCCNc1ccncn1. The molecule has 0 aromatic carbocycles. The van der Waals surface area contributed by atoms with Crippen LogP contribution in [0.2, 0.25) is 0 Å². The number of nitrogens with zero attached hydrogens (tertiary/aromatic N) is 2. The molecule has 0 aliphatic rings. The van der Waals surface area contributed by atoms with Gasteiger partial charge < -0.3 is 11.1 Å². The second kappa shape index (κ2) is 4.62. The van der Waals surface area contributed by atoms with E-state index < -0.39 is 0 Å². The molecule has 0 aliphatic carbocycles. The fourth-order valence-corrected chi connectivity index (χ4v) is 0.714. The van der Waals surface area contributed by atoms with Gasteiger partial charge >= 0.3 is 0 Å². The summed E-state index contributed by atoms with van der Waals surface area (Å²) in [6.07, 6.45) is 4.19. The van der Waals surface area contributed by atoms with Crippen molar-refractivity contribution in [3.63, 3.8) is 0 Å². The first kappa shape index (κ1) is 7.94. The number of nitrogens with two attached hydrogens (primary N) is 1. The number of hydrogen-bond acceptors (Lipinski definition) is 4. The molecule has 1 aromatic heterocycles. The molecule has 4 heteroatoms. The standard InChI is InChI=1S/C7H12N4/c8-3-1-4-10-7-2-5-9-6-11-7/h2,5-6H,1,3-4,8H2,(H,9,10,11). The van der Waals surface area contributed by atoms with Gasteiger partial charge in [-0.25, -0.2) is 9.97 Å². The molecule has 1 rings (SSSR count). The summed E-state index contributed by atoms with van der Waals surface area (Å²) in [4.78, 5) is 7.79. The number of aromatic nitrogens is 2. The summed E-state index contributed by atoms with van der Waals surface area (Å²) in [5, 5.41) is 3.11. The third kappa shape index (κ3) is 2.95. The van der Waals surface area contributed by atoms with E-state index in [-0.39, 0.29) is 0 Å². The minimum absolute atomic E-state index is 0.706. The van der Waals surface area contributed by atoms with Crippen LogP contribution in [0.5, 0.6) is 0 Å². The summed E-state index contributed by atoms with van der Waals surface area (Å²) in [7, 11) is 0. The van der Waals surface area contributed by atoms with E-state index in [1.54, 1.807) is 6.20 Å². The fourth-order valence-electron chi connectivity index (χ4n) is 0.714. The first-order valence-corrected chi connectivity index (χ1v) is 3.63. The Kier molecular flexibility index (Phi) is 3.34. The monoisotopic (exact) mass is 152 g/mol. The number of hydrogen-bond donors (Lipinski definition) is 2. The fraction of sp³-hybridized carbons (Fsp3) is 0.429. The third-order valence-electron chi connectivity index (χ3n) is 1.27. The lowest BCUT2D eigenvalue weighted by molar-refractivity contribution is 0.869. The first-order valence-electron chi connectivity index (χ1n) is 3.63. The molecule has 0 amide bonds. The highest BCUT2D eigenvalue weighted by molar-refractivity contribution is 5.30. The van der Waals surface area contributed by atoms with E-state index in [2.05, 4.69) is 15.3 Å². The van der Waals surface area contributed by atoms with Gasteiger partial charge in [-0.2, -0.15) is 0 Å². The summed E-state index contributed by atoms with van der Waals surface area (Å²) in [6.45, 7) is 1.57. The van der Waals surface area contributed by atoms with Crippen LogP contribution < -0.4 is 11.1 Å². The Morgan fingerprint density at radius 3 is 3.09 bits per heavy atom. The van der Waals surface area contributed by atoms with Crippen LogP contribution in [0.4, 0.5) is 5.82 Å². The number of anilines is 1. The summed E-state index contributed by atoms with van der Waals surface area (Å²) in [6, 6.07) is 1.83. The van der Waals surface area contributed by atoms with Gasteiger partial charge in [-0.1, -0.05) is 0 Å². The van der Waals surface area contributed by atoms with E-state index >= 15 is 0 Å². The van der Waals surface area contributed by atoms with Crippen molar-refractivity contribution >= 4 is 5.82 Å². The van der Waals surface area contributed by atoms with Crippen molar-refractivity contribution < 1.29 is 0 Å². The Morgan fingerprint density at radius 1 is 1.55 bits per heavy atom. The molecule has 0 saturated carbocycles. The highest BCUT2D eigenvalue weighted by Crippen LogP contribution is 1.96. The van der Waals surface area contributed by atoms with Crippen molar-refractivity contribution in [2.75, 3.05) is 18.4 Å². The highest BCUT2D eigenvalue weighted by atomic mass is 15.0. The molecule has 0 aliphatic heterocycles. The van der Waals surface area contributed by atoms with Gasteiger partial charge in [0.2, 0.25) is 0 Å². The molecule has 0 unspecified atom stereocenters. The van der Waals surface area contributed by atoms with E-state index in [0.29, 0.717) is 6.54 Å². The lowest BCUT2D eigenvalue weighted by atomic mass is 10.4. The maximum Gasteiger partial charge on any atom is 0.129 e. The van der Waals surface area contributed by atoms with E-state index in [1.807, 2.05) is 6.07 Å². The van der Waals surface area contributed by atoms with Gasteiger partial charge in [0.25, 0.3) is 0 Å². The quantitative estimate of drug-likeness (QED) is 0.606. The summed E-state index contributed by atoms with van der Waals surface area (Å²) in [5.74, 6) is 0.855. The van der Waals surface area contributed by atoms with Gasteiger partial charge in [0.1, 0.15) is 12.1 Å². The van der Waals surface area contributed by atoms with Crippen molar-refractivity contribution in [2.45, 2.75) is 6.42 Å². The van der Waals surface area contributed by atoms with Crippen LogP contribution in [0.3, 0.4) is 0 Å². The van der Waals surface area contributed by atoms with E-state index in [1.165, 1.54) is 6.33 Å². The average Bonchev–Trinajstić information content (AvgIpc) is 2.07. The lowest BCUT2D eigenvalue weighted by Crippen LogP contribution is -2.09. The Morgan fingerprint density at radius 2 is 2.45 bits per heavy atom. The molecule has 4 nitrogen and oxygen atoms in total. The van der Waals surface area contributed by atoms with Crippen LogP contribution in [0.15, 0.2) is 18.6 Å². The minimum Gasteiger partial charge on any atom is -0.370 e. The molecule has 0 saturated heterocycles. The third-order valence-corrected chi connectivity index (χ3v) is 1.27. The second-order valence-corrected chi connectivity index (χ2v) is 2.16. The molecule has 0 radical (unpaired) electrons. The smallest absolute Gasteiger partial charge is 0.129 e. The van der Waals surface area contributed by atoms with Crippen LogP contribution in [0.25, 0.3) is 0 Å². The molecular formula is C7H12N4. The Hall–Kier alpha value is -1.16. The van der Waals surface area contributed by atoms with Gasteiger partial charge in [-0.05, 0) is 19.0 Å². The van der Waals surface area contributed by atoms with Crippen LogP contribution in [0, 0.1) is 0 Å². The summed E-state index contributed by atoms with van der Waals surface area (Å²) in [5.41, 5.74) is 5.32. The van der Waals surface area contributed by atoms with Crippen LogP contribution in [-0.2, 0) is 0 Å². The molecule has 60 valence electrons. The predicted molar refractivity (Wildman–Crippen MR) is 44.2 cm³/mol. The topological polar surface area (TPSA) is 63.8 Å². The first-order chi connectivity index (χ1) is 5.43. The zero-order valence-electron chi connectivity index (χ0n) is 6.33. The van der Waals surface area contributed by atoms with Gasteiger partial charge in [-0.3, -0.25) is 0 Å². The molecule has 1 aromatic rings. The zero-order valence-corrected chi connectivity index (χ0v) is 6.33. The average molecular weight is 152 g/mol. The molecule has 0 bridgehead atoms. The normalized spacial score (nSPS) is 9.55. The molecule has 0 atom stereocenters. The van der Waals surface area contributed by atoms with E-state index in [0.717, 1.165) is 18.8 Å². The summed E-state index contributed by atoms with van der Waals surface area (Å²) >= 11 is 0. The number of nitrogens with one attached hydrogen (secondary N) is 1. The molecule has 0 fully saturated rings. The van der Waals surface area contributed by atoms with Crippen molar-refractivity contribution in [3.05, 3.63) is 18.6 Å². The summed E-state index contributed by atoms with van der Waals surface area (Å²) < 4.78 is 0. The Balaban J connectivity index is 2.28. The molecular weight excluding hydrogens is 140 g/mol. The minimum atomic E-state index is 0.706. The van der Waals surface area contributed by atoms with E-state index in [9.17, 15) is 0 Å². The van der Waals surface area contributed by atoms with Crippen molar-refractivity contribution in [1.82, 2.24) is 9.97 Å². The maximum absolute atomic E-state index is 5.32. The van der Waals surface area contributed by atoms with Crippen molar-refractivity contribution in [1.29, 1.82) is 0 Å². The predicted octanol–water partition coefficient (Wildman–Crippen LogP) is 0.237. The maximum atomic E-state index is 5.32. The molecule has 3 N–H and O–H groups in total. The molecule has 11 heavy (non-hydrogen) atoms. The largest absolute Gasteiger partial charge is 0.370 e. The van der Waals surface area contributed by atoms with Crippen LogP contribution in [0.1, 0.15) is 6.42 Å². The van der Waals surface area contributed by atoms with Crippen molar-refractivity contribution in [2.24, 2.45) is 5.73 Å². The second-order valence-electron chi connectivity index (χ2n) is 2.16. The van der Waals surface area contributed by atoms with E-state index in [4.69, 9.17) is 5.73 Å². The van der Waals surface area contributed by atoms with Crippen molar-refractivity contribution in [3.8, 4) is 0 Å². The van der Waals surface area contributed by atoms with Crippen LogP contribution >= 0.6 is 0 Å². The van der Waals surface area contributed by atoms with Gasteiger partial charge in [0.15, 0.2) is 0 Å². The molecule has 0 spiro atoms. The van der Waals surface area contributed by atoms with Gasteiger partial charge in [0.05, 0.1) is 0 Å². The Bertz CT molecular complexity index is 187. The Labute approximate surface area is 65.9 Å². The van der Waals surface area contributed by atoms with Crippen LogP contribution in [-0.4, -0.2) is 23.1 Å². The highest BCUT2D eigenvalue weighted by Gasteiger charge is 1.88. The zero-order chi connectivity index (χ0) is 7.94. The number of rotatable bonds is 4. The van der Waals surface area contributed by atoms with Gasteiger partial charge in [0, 0.05) is 12.7 Å². The lowest BCUT2D eigenvalue weighted by Gasteiger charge is -2.01.